The third kappa shape index (κ3) is 8.68. The third-order valence-corrected chi connectivity index (χ3v) is 6.61. The van der Waals surface area contributed by atoms with Gasteiger partial charge in [0.2, 0.25) is 0 Å². The van der Waals surface area contributed by atoms with Gasteiger partial charge in [-0.25, -0.2) is 8.42 Å². The van der Waals surface area contributed by atoms with Crippen molar-refractivity contribution >= 4 is 39.8 Å². The van der Waals surface area contributed by atoms with Crippen LogP contribution in [0.1, 0.15) is 33.3 Å². The van der Waals surface area contributed by atoms with Crippen LogP contribution in [0.4, 0.5) is 0 Å². The molecule has 0 saturated carbocycles. The summed E-state index contributed by atoms with van der Waals surface area (Å²) in [6.07, 6.45) is 0. The molecule has 0 heterocycles. The Morgan fingerprint density at radius 2 is 1.89 bits per heavy atom. The highest BCUT2D eigenvalue weighted by atomic mass is 127. The van der Waals surface area contributed by atoms with Crippen LogP contribution in [-0.4, -0.2) is 63.1 Å². The fourth-order valence-electron chi connectivity index (χ4n) is 2.16. The fraction of sp³-hybridized carbons (Fsp3) is 0.632. The van der Waals surface area contributed by atoms with E-state index >= 15 is 0 Å². The topological polar surface area (TPSA) is 71.0 Å². The predicted octanol–water partition coefficient (Wildman–Crippen LogP) is 3.10. The average molecular weight is 511 g/mol. The van der Waals surface area contributed by atoms with Gasteiger partial charge in [-0.1, -0.05) is 18.2 Å². The number of hydrogen-bond donors (Lipinski definition) is 1. The van der Waals surface area contributed by atoms with E-state index in [-0.39, 0.29) is 36.3 Å². The predicted molar refractivity (Wildman–Crippen MR) is 124 cm³/mol. The normalized spacial score (nSPS) is 12.3. The van der Waals surface area contributed by atoms with Crippen molar-refractivity contribution in [3.8, 4) is 5.75 Å². The Labute approximate surface area is 181 Å². The van der Waals surface area contributed by atoms with Gasteiger partial charge in [0.25, 0.3) is 0 Å². The van der Waals surface area contributed by atoms with Crippen LogP contribution in [0, 0.1) is 6.92 Å². The zero-order valence-electron chi connectivity index (χ0n) is 17.3. The van der Waals surface area contributed by atoms with Crippen LogP contribution >= 0.6 is 24.0 Å². The van der Waals surface area contributed by atoms with Gasteiger partial charge in [-0.3, -0.25) is 4.99 Å². The van der Waals surface area contributed by atoms with E-state index in [1.54, 1.807) is 20.8 Å². The van der Waals surface area contributed by atoms with E-state index in [0.29, 0.717) is 25.7 Å². The smallest absolute Gasteiger partial charge is 0.193 e. The fourth-order valence-corrected chi connectivity index (χ4v) is 3.11. The van der Waals surface area contributed by atoms with E-state index in [1.165, 1.54) is 0 Å². The van der Waals surface area contributed by atoms with Gasteiger partial charge in [-0.15, -0.1) is 24.0 Å². The maximum absolute atomic E-state index is 12.2. The second-order valence-corrected chi connectivity index (χ2v) is 10.1. The summed E-state index contributed by atoms with van der Waals surface area (Å²) in [5, 5.41) is 3.19. The molecule has 0 aromatic heterocycles. The van der Waals surface area contributed by atoms with E-state index < -0.39 is 14.6 Å². The minimum Gasteiger partial charge on any atom is -0.491 e. The Bertz CT molecular complexity index is 700. The quantitative estimate of drug-likeness (QED) is 0.330. The highest BCUT2D eigenvalue weighted by Crippen LogP contribution is 2.16. The molecule has 0 atom stereocenters. The van der Waals surface area contributed by atoms with Crippen LogP contribution in [0.3, 0.4) is 0 Å². The summed E-state index contributed by atoms with van der Waals surface area (Å²) < 4.78 is 29.5. The molecule has 0 fully saturated rings. The molecule has 0 spiro atoms. The monoisotopic (exact) mass is 511 g/mol. The average Bonchev–Trinajstić information content (AvgIpc) is 2.54. The van der Waals surface area contributed by atoms with Crippen molar-refractivity contribution in [3.63, 3.8) is 0 Å². The highest BCUT2D eigenvalue weighted by Gasteiger charge is 2.28. The summed E-state index contributed by atoms with van der Waals surface area (Å²) in [5.74, 6) is 1.60. The number of aryl methyl sites for hydroxylation is 1. The molecule has 1 aromatic carbocycles. The molecule has 0 bridgehead atoms. The van der Waals surface area contributed by atoms with Crippen molar-refractivity contribution in [2.75, 3.05) is 39.0 Å². The minimum absolute atomic E-state index is 0. The summed E-state index contributed by atoms with van der Waals surface area (Å²) in [7, 11) is -1.25. The number of halogens is 1. The highest BCUT2D eigenvalue weighted by molar-refractivity contribution is 14.0. The number of rotatable bonds is 8. The summed E-state index contributed by atoms with van der Waals surface area (Å²) in [6.45, 7) is 11.3. The van der Waals surface area contributed by atoms with Gasteiger partial charge < -0.3 is 15.0 Å². The first-order chi connectivity index (χ1) is 12.1. The molecule has 0 aliphatic heterocycles. The molecule has 0 unspecified atom stereocenters. The van der Waals surface area contributed by atoms with Crippen molar-refractivity contribution in [2.45, 2.75) is 39.4 Å². The number of nitrogens with one attached hydrogen (secondary N) is 1. The molecule has 1 N–H and O–H groups in total. The Kier molecular flexibility index (Phi) is 11.3. The standard InChI is InChI=1S/C19H33N3O3S.HI/c1-7-20-18(21-12-15-26(23,24)19(3,4)5)22(6)13-14-25-17-11-9-8-10-16(17)2;/h8-11H,7,12-15H2,1-6H3,(H,20,21);1H. The van der Waals surface area contributed by atoms with Crippen LogP contribution in [0.2, 0.25) is 0 Å². The van der Waals surface area contributed by atoms with Crippen molar-refractivity contribution in [3.05, 3.63) is 29.8 Å². The van der Waals surface area contributed by atoms with Crippen LogP contribution < -0.4 is 10.1 Å². The Morgan fingerprint density at radius 3 is 2.44 bits per heavy atom. The molecule has 156 valence electrons. The third-order valence-electron chi connectivity index (χ3n) is 4.03. The molecular formula is C19H34IN3O3S. The van der Waals surface area contributed by atoms with E-state index in [2.05, 4.69) is 10.3 Å². The molecular weight excluding hydrogens is 477 g/mol. The molecule has 8 heteroatoms. The molecule has 0 aliphatic rings. The van der Waals surface area contributed by atoms with E-state index in [0.717, 1.165) is 11.3 Å². The zero-order chi connectivity index (χ0) is 19.8. The lowest BCUT2D eigenvalue weighted by molar-refractivity contribution is 0.280. The molecule has 27 heavy (non-hydrogen) atoms. The zero-order valence-corrected chi connectivity index (χ0v) is 20.4. The number of likely N-dealkylation sites (N-methyl/N-ethyl adjacent to an activating group) is 1. The lowest BCUT2D eigenvalue weighted by Crippen LogP contribution is -2.41. The Hall–Kier alpha value is -1.03. The van der Waals surface area contributed by atoms with Gasteiger partial charge in [-0.2, -0.15) is 0 Å². The molecule has 6 nitrogen and oxygen atoms in total. The van der Waals surface area contributed by atoms with Gasteiger partial charge in [0.15, 0.2) is 15.8 Å². The first kappa shape index (κ1) is 26.0. The largest absolute Gasteiger partial charge is 0.491 e. The SMILES string of the molecule is CCNC(=NCCS(=O)(=O)C(C)(C)C)N(C)CCOc1ccccc1C.I. The maximum atomic E-state index is 12.2. The van der Waals surface area contributed by atoms with Gasteiger partial charge in [0.05, 0.1) is 23.6 Å². The number of aliphatic imine (C=N–C) groups is 1. The Morgan fingerprint density at radius 1 is 1.26 bits per heavy atom. The second-order valence-electron chi connectivity index (χ2n) is 7.20. The second kappa shape index (κ2) is 11.7. The molecule has 0 saturated heterocycles. The minimum atomic E-state index is -3.17. The van der Waals surface area contributed by atoms with Crippen molar-refractivity contribution in [1.29, 1.82) is 0 Å². The van der Waals surface area contributed by atoms with Gasteiger partial charge in [-0.05, 0) is 46.2 Å². The van der Waals surface area contributed by atoms with Crippen LogP contribution in [0.5, 0.6) is 5.75 Å². The summed E-state index contributed by atoms with van der Waals surface area (Å²) >= 11 is 0. The van der Waals surface area contributed by atoms with Gasteiger partial charge >= 0.3 is 0 Å². The van der Waals surface area contributed by atoms with Crippen LogP contribution in [-0.2, 0) is 9.84 Å². The molecule has 1 aromatic rings. The van der Waals surface area contributed by atoms with E-state index in [1.807, 2.05) is 50.1 Å². The first-order valence-electron chi connectivity index (χ1n) is 8.98. The number of nitrogens with zero attached hydrogens (tertiary/aromatic N) is 2. The summed E-state index contributed by atoms with van der Waals surface area (Å²) in [5.41, 5.74) is 1.10. The maximum Gasteiger partial charge on any atom is 0.193 e. The van der Waals surface area contributed by atoms with E-state index in [4.69, 9.17) is 4.74 Å². The number of guanidine groups is 1. The molecule has 0 radical (unpaired) electrons. The van der Waals surface area contributed by atoms with Gasteiger partial charge in [0.1, 0.15) is 12.4 Å². The number of para-hydroxylation sites is 1. The number of benzene rings is 1. The van der Waals surface area contributed by atoms with Gasteiger partial charge in [0, 0.05) is 13.6 Å². The summed E-state index contributed by atoms with van der Waals surface area (Å²) in [6, 6.07) is 7.90. The van der Waals surface area contributed by atoms with Crippen LogP contribution in [0.15, 0.2) is 29.3 Å². The molecule has 0 aliphatic carbocycles. The molecule has 0 amide bonds. The lowest BCUT2D eigenvalue weighted by Gasteiger charge is -2.23. The number of ether oxygens (including phenoxy) is 1. The lowest BCUT2D eigenvalue weighted by atomic mass is 10.2. The number of sulfone groups is 1. The Balaban J connectivity index is 0.00000676. The first-order valence-corrected chi connectivity index (χ1v) is 10.6. The van der Waals surface area contributed by atoms with Crippen LogP contribution in [0.25, 0.3) is 0 Å². The summed E-state index contributed by atoms with van der Waals surface area (Å²) in [4.78, 5) is 6.40. The molecule has 1 rings (SSSR count). The van der Waals surface area contributed by atoms with Crippen molar-refractivity contribution < 1.29 is 13.2 Å². The van der Waals surface area contributed by atoms with Crippen molar-refractivity contribution in [2.24, 2.45) is 4.99 Å². The van der Waals surface area contributed by atoms with E-state index in [9.17, 15) is 8.42 Å². The number of hydrogen-bond acceptors (Lipinski definition) is 4. The van der Waals surface area contributed by atoms with Crippen molar-refractivity contribution in [1.82, 2.24) is 10.2 Å².